The predicted molar refractivity (Wildman–Crippen MR) is 74.2 cm³/mol. The number of phenols is 1. The first-order valence-corrected chi connectivity index (χ1v) is 6.02. The van der Waals surface area contributed by atoms with Crippen LogP contribution in [0.5, 0.6) is 5.75 Å². The highest BCUT2D eigenvalue weighted by atomic mass is 19.1. The van der Waals surface area contributed by atoms with Crippen LogP contribution in [0.25, 0.3) is 0 Å². The summed E-state index contributed by atoms with van der Waals surface area (Å²) in [5.74, 6) is -2.68. The molecule has 0 saturated heterocycles. The molecule has 0 aliphatic rings. The molecule has 2 rings (SSSR count). The minimum absolute atomic E-state index is 0.0472. The normalized spacial score (nSPS) is 10.2. The Hall–Kier alpha value is -2.89. The molecule has 21 heavy (non-hydrogen) atoms. The lowest BCUT2D eigenvalue weighted by Gasteiger charge is -2.08. The van der Waals surface area contributed by atoms with Gasteiger partial charge in [-0.2, -0.15) is 0 Å². The second-order valence-corrected chi connectivity index (χ2v) is 4.46. The third kappa shape index (κ3) is 3.17. The number of nitrogens with one attached hydrogen (secondary N) is 1. The molecule has 0 bridgehead atoms. The van der Waals surface area contributed by atoms with Crippen LogP contribution in [0.1, 0.15) is 26.3 Å². The molecular formula is C15H12FNO4. The molecule has 0 unspecified atom stereocenters. The second kappa shape index (κ2) is 5.62. The average Bonchev–Trinajstić information content (AvgIpc) is 2.43. The van der Waals surface area contributed by atoms with Crippen LogP contribution in [0.15, 0.2) is 36.4 Å². The number of rotatable bonds is 3. The molecule has 0 radical (unpaired) electrons. The Morgan fingerprint density at radius 2 is 1.76 bits per heavy atom. The molecule has 0 atom stereocenters. The van der Waals surface area contributed by atoms with Crippen LogP contribution in [-0.4, -0.2) is 22.1 Å². The molecule has 0 heterocycles. The number of hydrogen-bond acceptors (Lipinski definition) is 3. The van der Waals surface area contributed by atoms with Crippen molar-refractivity contribution in [2.45, 2.75) is 6.92 Å². The maximum Gasteiger partial charge on any atom is 0.335 e. The van der Waals surface area contributed by atoms with Crippen molar-refractivity contribution in [3.05, 3.63) is 58.9 Å². The maximum absolute atomic E-state index is 13.4. The van der Waals surface area contributed by atoms with Gasteiger partial charge in [-0.05, 0) is 42.8 Å². The summed E-state index contributed by atoms with van der Waals surface area (Å²) in [7, 11) is 0. The summed E-state index contributed by atoms with van der Waals surface area (Å²) in [6.45, 7) is 1.58. The van der Waals surface area contributed by atoms with E-state index in [4.69, 9.17) is 5.11 Å². The number of carbonyl (C=O) groups excluding carboxylic acids is 1. The van der Waals surface area contributed by atoms with E-state index in [1.54, 1.807) is 6.92 Å². The summed E-state index contributed by atoms with van der Waals surface area (Å²) in [5.41, 5.74) is 0.456. The van der Waals surface area contributed by atoms with Crippen molar-refractivity contribution >= 4 is 17.6 Å². The summed E-state index contributed by atoms with van der Waals surface area (Å²) in [5, 5.41) is 20.8. The number of hydrogen-bond donors (Lipinski definition) is 3. The largest absolute Gasteiger partial charge is 0.506 e. The zero-order chi connectivity index (χ0) is 15.6. The molecule has 0 saturated carbocycles. The highest BCUT2D eigenvalue weighted by Crippen LogP contribution is 2.25. The lowest BCUT2D eigenvalue weighted by molar-refractivity contribution is 0.0696. The highest BCUT2D eigenvalue weighted by Gasteiger charge is 2.12. The van der Waals surface area contributed by atoms with Crippen LogP contribution in [0, 0.1) is 12.7 Å². The Balaban J connectivity index is 2.23. The third-order valence-corrected chi connectivity index (χ3v) is 2.93. The van der Waals surface area contributed by atoms with Gasteiger partial charge in [-0.15, -0.1) is 0 Å². The first kappa shape index (κ1) is 14.5. The van der Waals surface area contributed by atoms with Gasteiger partial charge in [0.15, 0.2) is 0 Å². The number of carboxylic acid groups (broad SMARTS) is 1. The van der Waals surface area contributed by atoms with Gasteiger partial charge < -0.3 is 15.5 Å². The lowest BCUT2D eigenvalue weighted by Crippen LogP contribution is -2.12. The van der Waals surface area contributed by atoms with E-state index in [-0.39, 0.29) is 22.6 Å². The molecule has 6 heteroatoms. The van der Waals surface area contributed by atoms with Gasteiger partial charge in [-0.1, -0.05) is 6.07 Å². The van der Waals surface area contributed by atoms with Crippen molar-refractivity contribution in [1.29, 1.82) is 0 Å². The molecule has 0 aliphatic carbocycles. The smallest absolute Gasteiger partial charge is 0.335 e. The van der Waals surface area contributed by atoms with Crippen molar-refractivity contribution in [1.82, 2.24) is 0 Å². The fourth-order valence-electron chi connectivity index (χ4n) is 1.70. The van der Waals surface area contributed by atoms with Crippen LogP contribution in [0.3, 0.4) is 0 Å². The average molecular weight is 289 g/mol. The minimum Gasteiger partial charge on any atom is -0.506 e. The second-order valence-electron chi connectivity index (χ2n) is 4.46. The Morgan fingerprint density at radius 3 is 2.33 bits per heavy atom. The fraction of sp³-hybridized carbons (Fsp3) is 0.0667. The Morgan fingerprint density at radius 1 is 1.10 bits per heavy atom. The molecule has 2 aromatic rings. The van der Waals surface area contributed by atoms with Crippen LogP contribution < -0.4 is 5.32 Å². The summed E-state index contributed by atoms with van der Waals surface area (Å²) < 4.78 is 13.4. The first-order valence-electron chi connectivity index (χ1n) is 6.02. The van der Waals surface area contributed by atoms with E-state index in [1.807, 2.05) is 0 Å². The zero-order valence-electron chi connectivity index (χ0n) is 11.1. The maximum atomic E-state index is 13.4. The number of halogens is 1. The number of anilines is 1. The number of phenolic OH excluding ortho intramolecular Hbond substituents is 1. The molecule has 0 spiro atoms. The van der Waals surface area contributed by atoms with E-state index in [9.17, 15) is 19.1 Å². The van der Waals surface area contributed by atoms with Crippen molar-refractivity contribution in [2.24, 2.45) is 0 Å². The van der Waals surface area contributed by atoms with Gasteiger partial charge in [0.05, 0.1) is 11.3 Å². The van der Waals surface area contributed by atoms with Gasteiger partial charge in [-0.3, -0.25) is 4.79 Å². The van der Waals surface area contributed by atoms with E-state index in [2.05, 4.69) is 5.32 Å². The van der Waals surface area contributed by atoms with E-state index in [1.165, 1.54) is 24.3 Å². The molecule has 108 valence electrons. The summed E-state index contributed by atoms with van der Waals surface area (Å²) in [4.78, 5) is 22.7. The molecule has 0 aromatic heterocycles. The Labute approximate surface area is 119 Å². The number of carbonyl (C=O) groups is 2. The first-order chi connectivity index (χ1) is 9.88. The number of aromatic hydroxyl groups is 1. The van der Waals surface area contributed by atoms with Crippen molar-refractivity contribution < 1.29 is 24.2 Å². The number of aryl methyl sites for hydroxylation is 1. The van der Waals surface area contributed by atoms with Gasteiger partial charge in [0.1, 0.15) is 11.6 Å². The van der Waals surface area contributed by atoms with Gasteiger partial charge in [0.2, 0.25) is 0 Å². The summed E-state index contributed by atoms with van der Waals surface area (Å²) in [6.07, 6.45) is 0. The number of aromatic carboxylic acids is 1. The van der Waals surface area contributed by atoms with Crippen molar-refractivity contribution in [2.75, 3.05) is 5.32 Å². The van der Waals surface area contributed by atoms with Crippen LogP contribution in [-0.2, 0) is 0 Å². The molecular weight excluding hydrogens is 277 g/mol. The number of amides is 1. The van der Waals surface area contributed by atoms with Crippen LogP contribution in [0.4, 0.5) is 10.1 Å². The Bertz CT molecular complexity index is 728. The minimum atomic E-state index is -1.19. The van der Waals surface area contributed by atoms with Gasteiger partial charge in [-0.25, -0.2) is 9.18 Å². The summed E-state index contributed by atoms with van der Waals surface area (Å²) >= 11 is 0. The number of carboxylic acids is 1. The topological polar surface area (TPSA) is 86.6 Å². The van der Waals surface area contributed by atoms with Crippen LogP contribution >= 0.6 is 0 Å². The van der Waals surface area contributed by atoms with Crippen molar-refractivity contribution in [3.63, 3.8) is 0 Å². The standard InChI is InChI=1S/C15H12FNO4/c1-8-2-3-9(6-11(8)16)14(19)17-12-5-4-10(15(20)21)7-13(12)18/h2-7,18H,1H3,(H,17,19)(H,20,21). The monoisotopic (exact) mass is 289 g/mol. The SMILES string of the molecule is Cc1ccc(C(=O)Nc2ccc(C(=O)O)cc2O)cc1F. The van der Waals surface area contributed by atoms with E-state index in [0.29, 0.717) is 5.56 Å². The molecule has 2 aromatic carbocycles. The highest BCUT2D eigenvalue weighted by molar-refractivity contribution is 6.05. The van der Waals surface area contributed by atoms with E-state index >= 15 is 0 Å². The van der Waals surface area contributed by atoms with Gasteiger partial charge >= 0.3 is 5.97 Å². The molecule has 0 fully saturated rings. The van der Waals surface area contributed by atoms with Gasteiger partial charge in [0.25, 0.3) is 5.91 Å². The van der Waals surface area contributed by atoms with Gasteiger partial charge in [0, 0.05) is 5.56 Å². The number of benzene rings is 2. The van der Waals surface area contributed by atoms with E-state index in [0.717, 1.165) is 12.1 Å². The molecule has 0 aliphatic heterocycles. The van der Waals surface area contributed by atoms with E-state index < -0.39 is 17.7 Å². The fourth-order valence-corrected chi connectivity index (χ4v) is 1.70. The summed E-state index contributed by atoms with van der Waals surface area (Å²) in [6, 6.07) is 7.55. The lowest BCUT2D eigenvalue weighted by atomic mass is 10.1. The quantitative estimate of drug-likeness (QED) is 0.758. The molecule has 5 nitrogen and oxygen atoms in total. The van der Waals surface area contributed by atoms with Crippen LogP contribution in [0.2, 0.25) is 0 Å². The van der Waals surface area contributed by atoms with Crippen molar-refractivity contribution in [3.8, 4) is 5.75 Å². The zero-order valence-corrected chi connectivity index (χ0v) is 11.1. The predicted octanol–water partition coefficient (Wildman–Crippen LogP) is 2.79. The Kier molecular flexibility index (Phi) is 3.89. The molecule has 3 N–H and O–H groups in total. The third-order valence-electron chi connectivity index (χ3n) is 2.93. The molecule has 1 amide bonds.